The lowest BCUT2D eigenvalue weighted by atomic mass is 10.2. The Balaban J connectivity index is 1.56. The Kier molecular flexibility index (Phi) is 5.65. The van der Waals surface area contributed by atoms with Gasteiger partial charge in [-0.1, -0.05) is 42.5 Å². The average molecular weight is 375 g/mol. The lowest BCUT2D eigenvalue weighted by Gasteiger charge is -2.34. The quantitative estimate of drug-likeness (QED) is 0.571. The summed E-state index contributed by atoms with van der Waals surface area (Å²) in [7, 11) is -3.43. The number of nitrogens with zero attached hydrogens (tertiary/aromatic N) is 3. The van der Waals surface area contributed by atoms with Gasteiger partial charge >= 0.3 is 0 Å². The second-order valence-corrected chi connectivity index (χ2v) is 8.31. The van der Waals surface area contributed by atoms with Gasteiger partial charge in [0.25, 0.3) is 5.69 Å². The van der Waals surface area contributed by atoms with Gasteiger partial charge in [0.1, 0.15) is 0 Å². The number of nitro benzene ring substituents is 1. The van der Waals surface area contributed by atoms with Crippen LogP contribution < -0.4 is 0 Å². The van der Waals surface area contributed by atoms with Crippen LogP contribution in [0.5, 0.6) is 0 Å². The fraction of sp³-hybridized carbons (Fsp3) is 0.333. The Labute approximate surface area is 153 Å². The van der Waals surface area contributed by atoms with E-state index < -0.39 is 14.9 Å². The van der Waals surface area contributed by atoms with Crippen molar-refractivity contribution in [2.45, 2.75) is 12.3 Å². The second-order valence-electron chi connectivity index (χ2n) is 6.34. The largest absolute Gasteiger partial charge is 0.296 e. The number of nitro groups is 1. The molecule has 0 unspecified atom stereocenters. The first-order valence-corrected chi connectivity index (χ1v) is 10.0. The third kappa shape index (κ3) is 4.66. The van der Waals surface area contributed by atoms with Crippen molar-refractivity contribution in [3.05, 3.63) is 75.8 Å². The highest BCUT2D eigenvalue weighted by Gasteiger charge is 2.27. The summed E-state index contributed by atoms with van der Waals surface area (Å²) < 4.78 is 26.7. The van der Waals surface area contributed by atoms with Crippen LogP contribution in [0.3, 0.4) is 0 Å². The van der Waals surface area contributed by atoms with Crippen molar-refractivity contribution in [2.24, 2.45) is 0 Å². The zero-order chi connectivity index (χ0) is 18.6. The first-order chi connectivity index (χ1) is 12.4. The molecule has 0 spiro atoms. The lowest BCUT2D eigenvalue weighted by Crippen LogP contribution is -2.48. The van der Waals surface area contributed by atoms with E-state index in [9.17, 15) is 18.5 Å². The van der Waals surface area contributed by atoms with Crippen LogP contribution in [0.4, 0.5) is 5.69 Å². The van der Waals surface area contributed by atoms with E-state index in [1.54, 1.807) is 0 Å². The molecule has 0 bridgehead atoms. The zero-order valence-corrected chi connectivity index (χ0v) is 15.1. The monoisotopic (exact) mass is 375 g/mol. The molecule has 1 aliphatic heterocycles. The predicted molar refractivity (Wildman–Crippen MR) is 99.0 cm³/mol. The summed E-state index contributed by atoms with van der Waals surface area (Å²) in [6, 6.07) is 15.8. The summed E-state index contributed by atoms with van der Waals surface area (Å²) in [5, 5.41) is 10.7. The number of hydrogen-bond acceptors (Lipinski definition) is 5. The molecule has 1 fully saturated rings. The maximum atomic E-state index is 12.6. The Hall–Kier alpha value is -2.29. The van der Waals surface area contributed by atoms with Gasteiger partial charge in [-0.3, -0.25) is 15.0 Å². The van der Waals surface area contributed by atoms with Crippen LogP contribution in [-0.2, 0) is 22.3 Å². The standard InChI is InChI=1S/C18H21N3O4S/c22-21(23)18-8-6-17(7-9-18)15-26(24,25)20-12-10-19(11-13-20)14-16-4-2-1-3-5-16/h1-9H,10-15H2. The Morgan fingerprint density at radius 2 is 1.50 bits per heavy atom. The van der Waals surface area contributed by atoms with Crippen molar-refractivity contribution in [3.63, 3.8) is 0 Å². The van der Waals surface area contributed by atoms with E-state index in [4.69, 9.17) is 0 Å². The van der Waals surface area contributed by atoms with E-state index in [1.807, 2.05) is 18.2 Å². The van der Waals surface area contributed by atoms with Crippen molar-refractivity contribution in [1.82, 2.24) is 9.21 Å². The molecule has 1 aliphatic rings. The van der Waals surface area contributed by atoms with Gasteiger partial charge in [-0.25, -0.2) is 8.42 Å². The van der Waals surface area contributed by atoms with Gasteiger partial charge in [-0.05, 0) is 11.1 Å². The fourth-order valence-electron chi connectivity index (χ4n) is 3.02. The highest BCUT2D eigenvalue weighted by Crippen LogP contribution is 2.17. The minimum atomic E-state index is -3.43. The van der Waals surface area contributed by atoms with Crippen LogP contribution in [0.1, 0.15) is 11.1 Å². The third-order valence-electron chi connectivity index (χ3n) is 4.47. The maximum Gasteiger partial charge on any atom is 0.269 e. The van der Waals surface area contributed by atoms with E-state index in [0.717, 1.165) is 6.54 Å². The summed E-state index contributed by atoms with van der Waals surface area (Å²) in [6.07, 6.45) is 0. The molecule has 1 heterocycles. The molecule has 0 radical (unpaired) electrons. The van der Waals surface area contributed by atoms with Crippen LogP contribution in [0.15, 0.2) is 54.6 Å². The number of benzene rings is 2. The number of hydrogen-bond donors (Lipinski definition) is 0. The predicted octanol–water partition coefficient (Wildman–Crippen LogP) is 2.24. The SMILES string of the molecule is O=[N+]([O-])c1ccc(CS(=O)(=O)N2CCN(Cc3ccccc3)CC2)cc1. The van der Waals surface area contributed by atoms with Crippen molar-refractivity contribution in [1.29, 1.82) is 0 Å². The number of rotatable bonds is 6. The second kappa shape index (κ2) is 7.94. The first-order valence-electron chi connectivity index (χ1n) is 8.41. The van der Waals surface area contributed by atoms with Gasteiger partial charge in [0.15, 0.2) is 0 Å². The van der Waals surface area contributed by atoms with Crippen molar-refractivity contribution in [2.75, 3.05) is 26.2 Å². The van der Waals surface area contributed by atoms with E-state index in [-0.39, 0.29) is 11.4 Å². The summed E-state index contributed by atoms with van der Waals surface area (Å²) in [5.41, 5.74) is 1.73. The Morgan fingerprint density at radius 1 is 0.885 bits per heavy atom. The molecule has 138 valence electrons. The molecule has 2 aromatic rings. The number of non-ortho nitro benzene ring substituents is 1. The normalized spacial score (nSPS) is 16.5. The molecule has 0 N–H and O–H groups in total. The molecule has 3 rings (SSSR count). The van der Waals surface area contributed by atoms with Crippen LogP contribution >= 0.6 is 0 Å². The maximum absolute atomic E-state index is 12.6. The van der Waals surface area contributed by atoms with Gasteiger partial charge in [0.2, 0.25) is 10.0 Å². The molecular formula is C18H21N3O4S. The van der Waals surface area contributed by atoms with Crippen molar-refractivity contribution < 1.29 is 13.3 Å². The molecular weight excluding hydrogens is 354 g/mol. The molecule has 2 aromatic carbocycles. The summed E-state index contributed by atoms with van der Waals surface area (Å²) in [4.78, 5) is 12.4. The minimum Gasteiger partial charge on any atom is -0.296 e. The fourth-order valence-corrected chi connectivity index (χ4v) is 4.54. The average Bonchev–Trinajstić information content (AvgIpc) is 2.63. The Morgan fingerprint density at radius 3 is 2.08 bits per heavy atom. The van der Waals surface area contributed by atoms with Crippen molar-refractivity contribution >= 4 is 15.7 Å². The molecule has 0 aliphatic carbocycles. The molecule has 0 atom stereocenters. The first kappa shape index (κ1) is 18.5. The highest BCUT2D eigenvalue weighted by atomic mass is 32.2. The summed E-state index contributed by atoms with van der Waals surface area (Å²) >= 11 is 0. The van der Waals surface area contributed by atoms with Gasteiger partial charge < -0.3 is 0 Å². The molecule has 1 saturated heterocycles. The number of sulfonamides is 1. The molecule has 0 saturated carbocycles. The van der Waals surface area contributed by atoms with Gasteiger partial charge in [0.05, 0.1) is 10.7 Å². The molecule has 0 aromatic heterocycles. The van der Waals surface area contributed by atoms with E-state index in [0.29, 0.717) is 31.7 Å². The summed E-state index contributed by atoms with van der Waals surface area (Å²) in [5.74, 6) is -0.135. The van der Waals surface area contributed by atoms with Crippen LogP contribution in [0.2, 0.25) is 0 Å². The molecule has 26 heavy (non-hydrogen) atoms. The highest BCUT2D eigenvalue weighted by molar-refractivity contribution is 7.88. The van der Waals surface area contributed by atoms with Gasteiger partial charge in [0, 0.05) is 44.9 Å². The lowest BCUT2D eigenvalue weighted by molar-refractivity contribution is -0.384. The van der Waals surface area contributed by atoms with Crippen LogP contribution in [0, 0.1) is 10.1 Å². The van der Waals surface area contributed by atoms with Crippen molar-refractivity contribution in [3.8, 4) is 0 Å². The smallest absolute Gasteiger partial charge is 0.269 e. The topological polar surface area (TPSA) is 83.8 Å². The van der Waals surface area contributed by atoms with E-state index in [2.05, 4.69) is 17.0 Å². The minimum absolute atomic E-state index is 0.0410. The van der Waals surface area contributed by atoms with Crippen LogP contribution in [0.25, 0.3) is 0 Å². The molecule has 0 amide bonds. The van der Waals surface area contributed by atoms with E-state index >= 15 is 0 Å². The van der Waals surface area contributed by atoms with Gasteiger partial charge in [-0.2, -0.15) is 4.31 Å². The third-order valence-corrected chi connectivity index (χ3v) is 6.32. The molecule has 7 nitrogen and oxygen atoms in total. The zero-order valence-electron chi connectivity index (χ0n) is 14.3. The van der Waals surface area contributed by atoms with Crippen LogP contribution in [-0.4, -0.2) is 48.7 Å². The van der Waals surface area contributed by atoms with Gasteiger partial charge in [-0.15, -0.1) is 0 Å². The molecule has 8 heteroatoms. The number of piperazine rings is 1. The van der Waals surface area contributed by atoms with E-state index in [1.165, 1.54) is 34.1 Å². The Bertz CT molecular complexity index is 846. The summed E-state index contributed by atoms with van der Waals surface area (Å²) in [6.45, 7) is 3.12.